The third kappa shape index (κ3) is 6.10. The number of ketones is 2. The summed E-state index contributed by atoms with van der Waals surface area (Å²) in [6.45, 7) is 1.01. The fourth-order valence-corrected chi connectivity index (χ4v) is 7.76. The van der Waals surface area contributed by atoms with Crippen molar-refractivity contribution >= 4 is 11.6 Å². The number of nitrogens with one attached hydrogen (secondary N) is 1. The molecule has 1 saturated heterocycles. The Labute approximate surface area is 238 Å². The van der Waals surface area contributed by atoms with E-state index >= 15 is 0 Å². The van der Waals surface area contributed by atoms with E-state index in [0.717, 1.165) is 49.8 Å². The quantitative estimate of drug-likeness (QED) is 0.378. The summed E-state index contributed by atoms with van der Waals surface area (Å²) in [5, 5.41) is 35.1. The highest BCUT2D eigenvalue weighted by Crippen LogP contribution is 2.45. The van der Waals surface area contributed by atoms with Gasteiger partial charge < -0.3 is 25.4 Å². The number of benzene rings is 1. The number of phenols is 1. The number of aliphatic hydroxyl groups is 2. The molecule has 0 radical (unpaired) electrons. The minimum absolute atomic E-state index is 0.00104. The second-order valence-corrected chi connectivity index (χ2v) is 12.7. The number of phenolic OH excluding ortho intramolecular Hbond substituents is 1. The lowest BCUT2D eigenvalue weighted by atomic mass is 9.64. The van der Waals surface area contributed by atoms with Gasteiger partial charge in [-0.05, 0) is 105 Å². The number of rotatable bonds is 7. The number of methoxy groups -OCH3 is 1. The van der Waals surface area contributed by atoms with Gasteiger partial charge in [0, 0.05) is 37.8 Å². The maximum Gasteiger partial charge on any atom is 0.160 e. The van der Waals surface area contributed by atoms with Crippen LogP contribution in [0.15, 0.2) is 12.1 Å². The molecule has 4 aliphatic rings. The first-order valence-corrected chi connectivity index (χ1v) is 15.3. The van der Waals surface area contributed by atoms with Gasteiger partial charge in [-0.3, -0.25) is 9.59 Å². The minimum atomic E-state index is -1.06. The third-order valence-corrected chi connectivity index (χ3v) is 10.2. The molecule has 5 rings (SSSR count). The van der Waals surface area contributed by atoms with Crippen LogP contribution in [0.5, 0.6) is 11.5 Å². The average molecular weight is 552 g/mol. The molecule has 1 heterocycles. The predicted molar refractivity (Wildman–Crippen MR) is 152 cm³/mol. The lowest BCUT2D eigenvalue weighted by Gasteiger charge is -2.42. The van der Waals surface area contributed by atoms with Crippen molar-refractivity contribution in [3.8, 4) is 23.3 Å². The zero-order chi connectivity index (χ0) is 28.3. The molecule has 0 amide bonds. The van der Waals surface area contributed by atoms with Crippen molar-refractivity contribution in [2.75, 3.05) is 20.3 Å². The minimum Gasteiger partial charge on any atom is -0.504 e. The van der Waals surface area contributed by atoms with Crippen LogP contribution in [0.1, 0.15) is 94.1 Å². The first-order valence-electron chi connectivity index (χ1n) is 15.3. The summed E-state index contributed by atoms with van der Waals surface area (Å²) >= 11 is 0. The molecule has 0 aromatic heterocycles. The van der Waals surface area contributed by atoms with Gasteiger partial charge in [0.05, 0.1) is 13.2 Å². The molecular formula is C33H45NO6. The Hall–Kier alpha value is -2.40. The standard InChI is InChI=1S/C33H45NO6/c1-40-30-17-24-7-9-31(38)33(13-11-23(3-2-14-35)27(24)19-29(30)37)12-10-21(16-32(33)39)4-5-22-15-25-6-8-26(36)18-28(25)34-20-22/h17,19,21-23,25,28,32,34-35,37,39H,2-10,12,14-16,18,20H2,1H3/t21-,22+,23-,25-,28+,32+,33+/m0/s1. The van der Waals surface area contributed by atoms with E-state index in [1.807, 2.05) is 0 Å². The highest BCUT2D eigenvalue weighted by Gasteiger charge is 2.47. The second-order valence-electron chi connectivity index (χ2n) is 12.7. The van der Waals surface area contributed by atoms with Gasteiger partial charge in [-0.25, -0.2) is 0 Å². The molecule has 1 spiro atoms. The van der Waals surface area contributed by atoms with E-state index in [1.54, 1.807) is 12.1 Å². The molecule has 7 heteroatoms. The number of carbonyl (C=O) groups excluding carboxylic acids is 2. The van der Waals surface area contributed by atoms with E-state index in [1.165, 1.54) is 13.5 Å². The predicted octanol–water partition coefficient (Wildman–Crippen LogP) is 4.05. The smallest absolute Gasteiger partial charge is 0.160 e. The number of piperidine rings is 1. The molecule has 3 aliphatic carbocycles. The first-order chi connectivity index (χ1) is 19.3. The molecule has 0 unspecified atom stereocenters. The van der Waals surface area contributed by atoms with Crippen molar-refractivity contribution < 1.29 is 29.6 Å². The summed E-state index contributed by atoms with van der Waals surface area (Å²) in [4.78, 5) is 25.5. The van der Waals surface area contributed by atoms with E-state index in [9.17, 15) is 24.9 Å². The number of fused-ring (bicyclic) bond motifs is 2. The Morgan fingerprint density at radius 2 is 1.90 bits per heavy atom. The van der Waals surface area contributed by atoms with Crippen LogP contribution >= 0.6 is 0 Å². The molecule has 3 fully saturated rings. The summed E-state index contributed by atoms with van der Waals surface area (Å²) in [5.41, 5.74) is 0.736. The second kappa shape index (κ2) is 12.6. The maximum absolute atomic E-state index is 13.7. The van der Waals surface area contributed by atoms with Gasteiger partial charge in [0.15, 0.2) is 17.3 Å². The van der Waals surface area contributed by atoms with Crippen molar-refractivity contribution in [2.24, 2.45) is 23.2 Å². The first kappa shape index (κ1) is 29.1. The van der Waals surface area contributed by atoms with Crippen LogP contribution in [-0.4, -0.2) is 59.3 Å². The average Bonchev–Trinajstić information content (AvgIpc) is 3.00. The topological polar surface area (TPSA) is 116 Å². The maximum atomic E-state index is 13.7. The van der Waals surface area contributed by atoms with Crippen LogP contribution in [0, 0.1) is 35.0 Å². The number of hydrogen-bond donors (Lipinski definition) is 4. The van der Waals surface area contributed by atoms with Crippen molar-refractivity contribution in [3.63, 3.8) is 0 Å². The Morgan fingerprint density at radius 3 is 2.67 bits per heavy atom. The number of ether oxygens (including phenoxy) is 1. The summed E-state index contributed by atoms with van der Waals surface area (Å²) < 4.78 is 5.32. The highest BCUT2D eigenvalue weighted by atomic mass is 16.5. The summed E-state index contributed by atoms with van der Waals surface area (Å²) in [6.07, 6.45) is 8.92. The number of hydrogen-bond acceptors (Lipinski definition) is 7. The number of aryl methyl sites for hydroxylation is 1. The summed E-state index contributed by atoms with van der Waals surface area (Å²) in [7, 11) is 1.51. The zero-order valence-electron chi connectivity index (χ0n) is 23.8. The molecule has 40 heavy (non-hydrogen) atoms. The lowest BCUT2D eigenvalue weighted by molar-refractivity contribution is -0.134. The van der Waals surface area contributed by atoms with Crippen LogP contribution < -0.4 is 10.1 Å². The number of aromatic hydroxyl groups is 1. The summed E-state index contributed by atoms with van der Waals surface area (Å²) in [5.74, 6) is 8.78. The monoisotopic (exact) mass is 551 g/mol. The summed E-state index contributed by atoms with van der Waals surface area (Å²) in [6, 6.07) is 3.85. The van der Waals surface area contributed by atoms with E-state index in [4.69, 9.17) is 4.74 Å². The Kier molecular flexibility index (Phi) is 9.19. The van der Waals surface area contributed by atoms with Crippen LogP contribution in [0.2, 0.25) is 0 Å². The zero-order valence-corrected chi connectivity index (χ0v) is 23.8. The van der Waals surface area contributed by atoms with Crippen LogP contribution in [0.4, 0.5) is 0 Å². The van der Waals surface area contributed by atoms with Gasteiger partial charge in [0.2, 0.25) is 0 Å². The van der Waals surface area contributed by atoms with E-state index in [-0.39, 0.29) is 30.5 Å². The van der Waals surface area contributed by atoms with Crippen molar-refractivity contribution in [2.45, 2.75) is 102 Å². The fourth-order valence-electron chi connectivity index (χ4n) is 7.76. The molecule has 1 aromatic rings. The molecule has 218 valence electrons. The third-order valence-electron chi connectivity index (χ3n) is 10.2. The molecule has 1 aliphatic heterocycles. The van der Waals surface area contributed by atoms with Crippen molar-refractivity contribution in [3.05, 3.63) is 23.3 Å². The van der Waals surface area contributed by atoms with Crippen molar-refractivity contribution in [1.29, 1.82) is 0 Å². The van der Waals surface area contributed by atoms with Gasteiger partial charge >= 0.3 is 0 Å². The van der Waals surface area contributed by atoms with Gasteiger partial charge in [0.25, 0.3) is 0 Å². The molecular weight excluding hydrogens is 506 g/mol. The fraction of sp³-hybridized carbons (Fsp3) is 0.697. The molecule has 2 saturated carbocycles. The molecule has 7 atom stereocenters. The number of Topliss-reactive ketones (excluding diaryl/α,β-unsaturated/α-hetero) is 2. The SMILES string of the molecule is COc1cc2c(cc1O)[C@@H](CCCO)C#C[C@]1(CC[C@H](CC[C@H]3CN[C@@H]4CC(=O)CC[C@H]4C3)C[C@H]1O)C(=O)CC2. The Bertz CT molecular complexity index is 1150. The number of carbonyl (C=O) groups is 2. The Balaban J connectivity index is 1.27. The largest absolute Gasteiger partial charge is 0.504 e. The highest BCUT2D eigenvalue weighted by molar-refractivity contribution is 5.89. The molecule has 0 bridgehead atoms. The molecule has 4 N–H and O–H groups in total. The van der Waals surface area contributed by atoms with Crippen LogP contribution in [-0.2, 0) is 16.0 Å². The molecule has 7 nitrogen and oxygen atoms in total. The van der Waals surface area contributed by atoms with Gasteiger partial charge in [-0.2, -0.15) is 0 Å². The molecule has 1 aromatic carbocycles. The van der Waals surface area contributed by atoms with Gasteiger partial charge in [-0.1, -0.05) is 18.3 Å². The lowest BCUT2D eigenvalue weighted by Crippen LogP contribution is -2.49. The van der Waals surface area contributed by atoms with E-state index < -0.39 is 11.5 Å². The Morgan fingerprint density at radius 1 is 1.07 bits per heavy atom. The van der Waals surface area contributed by atoms with E-state index in [0.29, 0.717) is 73.9 Å². The normalized spacial score (nSPS) is 34.1. The van der Waals surface area contributed by atoms with E-state index in [2.05, 4.69) is 17.2 Å². The van der Waals surface area contributed by atoms with Crippen LogP contribution in [0.25, 0.3) is 0 Å². The number of aliphatic hydroxyl groups excluding tert-OH is 2. The van der Waals surface area contributed by atoms with Crippen molar-refractivity contribution in [1.82, 2.24) is 5.32 Å². The van der Waals surface area contributed by atoms with Gasteiger partial charge in [-0.15, -0.1) is 0 Å². The van der Waals surface area contributed by atoms with Gasteiger partial charge in [0.1, 0.15) is 11.2 Å². The van der Waals surface area contributed by atoms with Crippen LogP contribution in [0.3, 0.4) is 0 Å².